The standard InChI is InChI=1S/C16H35O6P.2K/c1-4-5-6-7-8-9-10-11-12-13-16(20-14-15(2)3)21-22-23(17,18)19;;/h15-16H,4-14H2,1-3H3,(H2,17,18,19);;/q;2*+1/p-2. The van der Waals surface area contributed by atoms with Gasteiger partial charge in [-0.3, -0.25) is 0 Å². The molecule has 9 heteroatoms. The van der Waals surface area contributed by atoms with Crippen molar-refractivity contribution in [2.45, 2.75) is 91.3 Å². The number of phosphoric acid groups is 1. The zero-order chi connectivity index (χ0) is 17.6. The SMILES string of the molecule is CCCCCCCCCCCC(OCC(C)C)OOP(=O)([O-])[O-].[K+].[K+]. The van der Waals surface area contributed by atoms with Crippen LogP contribution < -0.4 is 113 Å². The molecule has 0 bridgehead atoms. The average molecular weight is 431 g/mol. The maximum Gasteiger partial charge on any atom is 1.00 e. The van der Waals surface area contributed by atoms with E-state index in [-0.39, 0.29) is 109 Å². The Morgan fingerprint density at radius 2 is 1.36 bits per heavy atom. The number of hydrogen-bond acceptors (Lipinski definition) is 6. The van der Waals surface area contributed by atoms with Crippen molar-refractivity contribution in [2.75, 3.05) is 6.61 Å². The van der Waals surface area contributed by atoms with E-state index >= 15 is 0 Å². The van der Waals surface area contributed by atoms with Crippen molar-refractivity contribution in [1.82, 2.24) is 0 Å². The van der Waals surface area contributed by atoms with E-state index in [9.17, 15) is 14.4 Å². The second-order valence-corrected chi connectivity index (χ2v) is 7.44. The van der Waals surface area contributed by atoms with E-state index in [2.05, 4.69) is 16.5 Å². The fraction of sp³-hybridized carbons (Fsp3) is 1.00. The molecule has 0 aliphatic rings. The van der Waals surface area contributed by atoms with Gasteiger partial charge in [0.1, 0.15) is 7.82 Å². The molecule has 140 valence electrons. The van der Waals surface area contributed by atoms with E-state index in [1.54, 1.807) is 0 Å². The van der Waals surface area contributed by atoms with Crippen LogP contribution >= 0.6 is 7.82 Å². The van der Waals surface area contributed by atoms with Gasteiger partial charge in [0.05, 0.1) is 6.61 Å². The first-order chi connectivity index (χ1) is 10.8. The van der Waals surface area contributed by atoms with Crippen LogP contribution in [0.2, 0.25) is 0 Å². The molecule has 25 heavy (non-hydrogen) atoms. The smallest absolute Gasteiger partial charge is 0.788 e. The van der Waals surface area contributed by atoms with E-state index in [1.807, 2.05) is 13.8 Å². The molecule has 0 saturated heterocycles. The van der Waals surface area contributed by atoms with Crippen molar-refractivity contribution in [1.29, 1.82) is 0 Å². The van der Waals surface area contributed by atoms with Crippen LogP contribution in [0.4, 0.5) is 0 Å². The molecule has 0 aliphatic heterocycles. The van der Waals surface area contributed by atoms with Crippen molar-refractivity contribution in [3.8, 4) is 0 Å². The van der Waals surface area contributed by atoms with Gasteiger partial charge in [0.15, 0.2) is 6.29 Å². The summed E-state index contributed by atoms with van der Waals surface area (Å²) in [5.41, 5.74) is 0. The predicted molar refractivity (Wildman–Crippen MR) is 86.2 cm³/mol. The molecule has 0 spiro atoms. The summed E-state index contributed by atoms with van der Waals surface area (Å²) in [5, 5.41) is 0. The van der Waals surface area contributed by atoms with Crippen molar-refractivity contribution in [3.05, 3.63) is 0 Å². The maximum absolute atomic E-state index is 10.5. The van der Waals surface area contributed by atoms with Gasteiger partial charge in [-0.1, -0.05) is 72.1 Å². The Morgan fingerprint density at radius 1 is 0.880 bits per heavy atom. The molecule has 0 fully saturated rings. The van der Waals surface area contributed by atoms with Crippen LogP contribution in [-0.4, -0.2) is 12.9 Å². The second kappa shape index (κ2) is 22.0. The molecule has 0 aromatic carbocycles. The van der Waals surface area contributed by atoms with Crippen molar-refractivity contribution in [3.63, 3.8) is 0 Å². The minimum Gasteiger partial charge on any atom is -0.788 e. The normalized spacial score (nSPS) is 12.6. The average Bonchev–Trinajstić information content (AvgIpc) is 2.46. The summed E-state index contributed by atoms with van der Waals surface area (Å²) in [4.78, 5) is 25.6. The number of rotatable bonds is 16. The third-order valence-electron chi connectivity index (χ3n) is 3.40. The molecular formula is C16H33K2O6P. The monoisotopic (exact) mass is 430 g/mol. The summed E-state index contributed by atoms with van der Waals surface area (Å²) < 4.78 is 19.8. The van der Waals surface area contributed by atoms with E-state index in [1.165, 1.54) is 38.5 Å². The van der Waals surface area contributed by atoms with Gasteiger partial charge in [0.2, 0.25) is 0 Å². The van der Waals surface area contributed by atoms with Gasteiger partial charge in [0.25, 0.3) is 0 Å². The minimum absolute atomic E-state index is 0. The first-order valence-corrected chi connectivity index (χ1v) is 10.3. The van der Waals surface area contributed by atoms with Gasteiger partial charge in [-0.05, 0) is 12.3 Å². The van der Waals surface area contributed by atoms with Gasteiger partial charge < -0.3 is 19.1 Å². The molecule has 0 aromatic rings. The van der Waals surface area contributed by atoms with Gasteiger partial charge in [-0.25, -0.2) is 9.56 Å². The number of unbranched alkanes of at least 4 members (excludes halogenated alkanes) is 8. The maximum atomic E-state index is 10.5. The fourth-order valence-corrected chi connectivity index (χ4v) is 2.38. The molecule has 0 rings (SSSR count). The van der Waals surface area contributed by atoms with Crippen LogP contribution in [0.3, 0.4) is 0 Å². The quantitative estimate of drug-likeness (QED) is 0.0683. The summed E-state index contributed by atoms with van der Waals surface area (Å²) in [7, 11) is -5.13. The van der Waals surface area contributed by atoms with E-state index in [0.717, 1.165) is 19.3 Å². The van der Waals surface area contributed by atoms with Crippen LogP contribution in [0.1, 0.15) is 85.0 Å². The van der Waals surface area contributed by atoms with Crippen LogP contribution in [0, 0.1) is 5.92 Å². The Hall–Kier alpha value is 3.30. The molecule has 0 amide bonds. The number of hydrogen-bond donors (Lipinski definition) is 0. The third-order valence-corrected chi connectivity index (χ3v) is 3.67. The van der Waals surface area contributed by atoms with Crippen LogP contribution in [-0.2, 0) is 18.9 Å². The van der Waals surface area contributed by atoms with Crippen molar-refractivity contribution >= 4 is 7.82 Å². The van der Waals surface area contributed by atoms with Crippen LogP contribution in [0.25, 0.3) is 0 Å². The zero-order valence-electron chi connectivity index (χ0n) is 16.8. The molecule has 6 nitrogen and oxygen atoms in total. The molecule has 1 atom stereocenters. The van der Waals surface area contributed by atoms with Crippen LogP contribution in [0.5, 0.6) is 0 Å². The second-order valence-electron chi connectivity index (χ2n) is 6.39. The Bertz CT molecular complexity index is 315. The first-order valence-electron chi connectivity index (χ1n) is 8.84. The molecular weight excluding hydrogens is 397 g/mol. The van der Waals surface area contributed by atoms with E-state index < -0.39 is 14.1 Å². The zero-order valence-corrected chi connectivity index (χ0v) is 24.0. The van der Waals surface area contributed by atoms with Crippen molar-refractivity contribution in [2.24, 2.45) is 5.92 Å². The molecule has 0 N–H and O–H groups in total. The van der Waals surface area contributed by atoms with Gasteiger partial charge in [-0.15, -0.1) is 0 Å². The Labute approximate surface area is 238 Å². The van der Waals surface area contributed by atoms with Crippen LogP contribution in [0.15, 0.2) is 0 Å². The molecule has 0 aromatic heterocycles. The fourth-order valence-electron chi connectivity index (χ4n) is 2.18. The van der Waals surface area contributed by atoms with E-state index in [4.69, 9.17) is 4.74 Å². The largest absolute Gasteiger partial charge is 1.00 e. The summed E-state index contributed by atoms with van der Waals surface area (Å²) in [6.45, 7) is 6.58. The topological polar surface area (TPSA) is 90.9 Å². The predicted octanol–water partition coefficient (Wildman–Crippen LogP) is -2.31. The molecule has 0 aliphatic carbocycles. The Morgan fingerprint density at radius 3 is 1.80 bits per heavy atom. The van der Waals surface area contributed by atoms with Crippen molar-refractivity contribution < 1.29 is 131 Å². The Kier molecular flexibility index (Phi) is 29.0. The third kappa shape index (κ3) is 27.3. The minimum atomic E-state index is -5.13. The summed E-state index contributed by atoms with van der Waals surface area (Å²) >= 11 is 0. The molecule has 0 heterocycles. The van der Waals surface area contributed by atoms with E-state index in [0.29, 0.717) is 13.0 Å². The van der Waals surface area contributed by atoms with Gasteiger partial charge in [0, 0.05) is 6.42 Å². The summed E-state index contributed by atoms with van der Waals surface area (Å²) in [5.74, 6) is 0.288. The van der Waals surface area contributed by atoms with Gasteiger partial charge >= 0.3 is 103 Å². The summed E-state index contributed by atoms with van der Waals surface area (Å²) in [6, 6.07) is 0. The first kappa shape index (κ1) is 33.0. The molecule has 0 radical (unpaired) electrons. The number of ether oxygens (including phenoxy) is 1. The summed E-state index contributed by atoms with van der Waals surface area (Å²) in [6.07, 6.45) is 10.4. The van der Waals surface area contributed by atoms with Gasteiger partial charge in [-0.2, -0.15) is 0 Å². The molecule has 1 unspecified atom stereocenters. The molecule has 0 saturated carbocycles. The Balaban J connectivity index is -0.00000242.